The number of ether oxygens (including phenoxy) is 1. The van der Waals surface area contributed by atoms with Crippen LogP contribution in [0.15, 0.2) is 0 Å². The molecule has 0 radical (unpaired) electrons. The third-order valence-electron chi connectivity index (χ3n) is 1.94. The highest BCUT2D eigenvalue weighted by molar-refractivity contribution is 4.93. The second kappa shape index (κ2) is 3.45. The average molecular weight is 198 g/mol. The molecule has 0 aromatic carbocycles. The Labute approximate surface area is 72.8 Å². The highest BCUT2D eigenvalue weighted by atomic mass is 19.2. The van der Waals surface area contributed by atoms with Crippen molar-refractivity contribution in [2.75, 3.05) is 6.61 Å². The zero-order valence-corrected chi connectivity index (χ0v) is 6.54. The molecule has 1 aliphatic rings. The molecule has 1 heterocycles. The minimum absolute atomic E-state index is 1.23. The van der Waals surface area contributed by atoms with E-state index in [0.717, 1.165) is 0 Å². The lowest BCUT2D eigenvalue weighted by atomic mass is 9.98. The molecule has 0 bridgehead atoms. The first-order chi connectivity index (χ1) is 5.92. The zero-order chi connectivity index (χ0) is 10.2. The fraction of sp³-hybridized carbons (Fsp3) is 1.00. The number of hydrogen-bond acceptors (Lipinski definition) is 6. The molecule has 1 rings (SSSR count). The fourth-order valence-electron chi connectivity index (χ4n) is 1.08. The summed E-state index contributed by atoms with van der Waals surface area (Å²) in [6, 6.07) is 0. The van der Waals surface area contributed by atoms with E-state index in [0.29, 0.717) is 0 Å². The summed E-state index contributed by atoms with van der Waals surface area (Å²) in [5.74, 6) is -2.95. The van der Waals surface area contributed by atoms with Gasteiger partial charge in [-0.25, -0.2) is 4.39 Å². The van der Waals surface area contributed by atoms with Gasteiger partial charge in [-0.05, 0) is 0 Å². The van der Waals surface area contributed by atoms with Gasteiger partial charge >= 0.3 is 0 Å². The number of hydrogen-bond donors (Lipinski definition) is 5. The first kappa shape index (κ1) is 10.8. The lowest BCUT2D eigenvalue weighted by molar-refractivity contribution is -0.365. The molecule has 0 saturated carbocycles. The molecule has 1 fully saturated rings. The average Bonchev–Trinajstić information content (AvgIpc) is 2.12. The Balaban J connectivity index is 2.82. The molecule has 6 nitrogen and oxygen atoms in total. The Morgan fingerprint density at radius 2 is 1.69 bits per heavy atom. The van der Waals surface area contributed by atoms with Crippen LogP contribution in [0.3, 0.4) is 0 Å². The van der Waals surface area contributed by atoms with E-state index in [1.807, 2.05) is 0 Å². The van der Waals surface area contributed by atoms with Crippen LogP contribution in [0, 0.1) is 0 Å². The largest absolute Gasteiger partial charge is 0.390 e. The number of aliphatic hydroxyl groups is 5. The molecule has 0 unspecified atom stereocenters. The molecular weight excluding hydrogens is 187 g/mol. The summed E-state index contributed by atoms with van der Waals surface area (Å²) in [6.45, 7) is -1.23. The van der Waals surface area contributed by atoms with E-state index in [4.69, 9.17) is 25.5 Å². The summed E-state index contributed by atoms with van der Waals surface area (Å²) in [5, 5.41) is 44.2. The lowest BCUT2D eigenvalue weighted by Gasteiger charge is -2.41. The smallest absolute Gasteiger partial charge is 0.263 e. The fourth-order valence-corrected chi connectivity index (χ4v) is 1.08. The van der Waals surface area contributed by atoms with E-state index < -0.39 is 37.1 Å². The SMILES string of the molecule is OC[C@@]1(F)O[C@@H](O)[C@@H](O)[C@@H](O)[C@@H]1O. The molecule has 78 valence electrons. The molecule has 5 atom stereocenters. The molecule has 1 aliphatic heterocycles. The molecule has 0 aliphatic carbocycles. The molecule has 0 spiro atoms. The van der Waals surface area contributed by atoms with E-state index in [1.54, 1.807) is 0 Å². The minimum atomic E-state index is -2.95. The van der Waals surface area contributed by atoms with Crippen molar-refractivity contribution in [2.45, 2.75) is 30.5 Å². The van der Waals surface area contributed by atoms with Crippen molar-refractivity contribution >= 4 is 0 Å². The molecule has 0 aromatic heterocycles. The normalized spacial score (nSPS) is 52.2. The van der Waals surface area contributed by atoms with Crippen LogP contribution in [0.1, 0.15) is 0 Å². The van der Waals surface area contributed by atoms with E-state index in [9.17, 15) is 4.39 Å². The van der Waals surface area contributed by atoms with Crippen LogP contribution in [0.5, 0.6) is 0 Å². The van der Waals surface area contributed by atoms with Crippen molar-refractivity contribution in [1.29, 1.82) is 0 Å². The molecular formula is C6H11FO6. The van der Waals surface area contributed by atoms with Gasteiger partial charge in [-0.1, -0.05) is 0 Å². The maximum Gasteiger partial charge on any atom is 0.263 e. The Morgan fingerprint density at radius 1 is 1.15 bits per heavy atom. The van der Waals surface area contributed by atoms with Gasteiger partial charge in [0, 0.05) is 0 Å². The Bertz CT molecular complexity index is 190. The number of alkyl halides is 1. The number of halogens is 1. The summed E-state index contributed by atoms with van der Waals surface area (Å²) >= 11 is 0. The van der Waals surface area contributed by atoms with Gasteiger partial charge in [0.2, 0.25) is 0 Å². The van der Waals surface area contributed by atoms with E-state index in [1.165, 1.54) is 0 Å². The summed E-state index contributed by atoms with van der Waals surface area (Å²) in [4.78, 5) is 0. The quantitative estimate of drug-likeness (QED) is 0.308. The number of rotatable bonds is 1. The highest BCUT2D eigenvalue weighted by Crippen LogP contribution is 2.29. The molecule has 7 heteroatoms. The summed E-state index contributed by atoms with van der Waals surface area (Å²) in [6.07, 6.45) is -7.78. The van der Waals surface area contributed by atoms with Crippen LogP contribution in [-0.4, -0.2) is 62.6 Å². The maximum atomic E-state index is 13.2. The van der Waals surface area contributed by atoms with Gasteiger partial charge in [0.15, 0.2) is 6.29 Å². The van der Waals surface area contributed by atoms with Crippen molar-refractivity contribution in [3.8, 4) is 0 Å². The van der Waals surface area contributed by atoms with Crippen molar-refractivity contribution in [3.63, 3.8) is 0 Å². The van der Waals surface area contributed by atoms with Crippen LogP contribution < -0.4 is 0 Å². The van der Waals surface area contributed by atoms with Crippen LogP contribution >= 0.6 is 0 Å². The molecule has 5 N–H and O–H groups in total. The van der Waals surface area contributed by atoms with Crippen LogP contribution in [0.2, 0.25) is 0 Å². The van der Waals surface area contributed by atoms with Crippen LogP contribution in [-0.2, 0) is 4.74 Å². The van der Waals surface area contributed by atoms with Crippen molar-refractivity contribution in [3.05, 3.63) is 0 Å². The van der Waals surface area contributed by atoms with Crippen LogP contribution in [0.25, 0.3) is 0 Å². The van der Waals surface area contributed by atoms with Crippen molar-refractivity contribution < 1.29 is 34.7 Å². The Kier molecular flexibility index (Phi) is 2.85. The zero-order valence-electron chi connectivity index (χ0n) is 6.54. The summed E-state index contributed by atoms with van der Waals surface area (Å²) in [7, 11) is 0. The van der Waals surface area contributed by atoms with Gasteiger partial charge in [0.1, 0.15) is 24.9 Å². The second-order valence-electron chi connectivity index (χ2n) is 2.88. The topological polar surface area (TPSA) is 110 Å². The van der Waals surface area contributed by atoms with Gasteiger partial charge in [-0.3, -0.25) is 0 Å². The maximum absolute atomic E-state index is 13.2. The summed E-state index contributed by atoms with van der Waals surface area (Å²) < 4.78 is 17.3. The second-order valence-corrected chi connectivity index (χ2v) is 2.88. The monoisotopic (exact) mass is 198 g/mol. The molecule has 0 aromatic rings. The van der Waals surface area contributed by atoms with E-state index >= 15 is 0 Å². The van der Waals surface area contributed by atoms with Gasteiger partial charge in [0.25, 0.3) is 5.85 Å². The molecule has 13 heavy (non-hydrogen) atoms. The number of aliphatic hydroxyl groups excluding tert-OH is 5. The molecule has 1 saturated heterocycles. The highest BCUT2D eigenvalue weighted by Gasteiger charge is 2.53. The van der Waals surface area contributed by atoms with Crippen molar-refractivity contribution in [2.24, 2.45) is 0 Å². The predicted octanol–water partition coefficient (Wildman–Crippen LogP) is -2.92. The standard InChI is InChI=1S/C6H11FO6/c7-6(1-8)4(11)2(9)3(10)5(12)13-6/h2-5,8-12H,1H2/t2-,3+,4+,5-,6-/m1/s1. The first-order valence-corrected chi connectivity index (χ1v) is 3.62. The van der Waals surface area contributed by atoms with Gasteiger partial charge in [-0.2, -0.15) is 0 Å². The van der Waals surface area contributed by atoms with Gasteiger partial charge in [-0.15, -0.1) is 0 Å². The third kappa shape index (κ3) is 1.66. The van der Waals surface area contributed by atoms with E-state index in [-0.39, 0.29) is 0 Å². The summed E-state index contributed by atoms with van der Waals surface area (Å²) in [5.41, 5.74) is 0. The van der Waals surface area contributed by atoms with Gasteiger partial charge < -0.3 is 30.3 Å². The Morgan fingerprint density at radius 3 is 2.15 bits per heavy atom. The van der Waals surface area contributed by atoms with Crippen LogP contribution in [0.4, 0.5) is 4.39 Å². The Hall–Kier alpha value is -0.310. The minimum Gasteiger partial charge on any atom is -0.390 e. The van der Waals surface area contributed by atoms with E-state index in [2.05, 4.69) is 4.74 Å². The lowest BCUT2D eigenvalue weighted by Crippen LogP contribution is -2.63. The third-order valence-corrected chi connectivity index (χ3v) is 1.94. The molecule has 0 amide bonds. The van der Waals surface area contributed by atoms with Crippen molar-refractivity contribution in [1.82, 2.24) is 0 Å². The first-order valence-electron chi connectivity index (χ1n) is 3.62. The van der Waals surface area contributed by atoms with Gasteiger partial charge in [0.05, 0.1) is 0 Å². The predicted molar refractivity (Wildman–Crippen MR) is 36.0 cm³/mol.